The first-order valence-electron chi connectivity index (χ1n) is 5.72. The van der Waals surface area contributed by atoms with E-state index in [1.165, 1.54) is 0 Å². The van der Waals surface area contributed by atoms with Gasteiger partial charge in [0.05, 0.1) is 5.69 Å². The molecule has 0 amide bonds. The molecule has 17 heavy (non-hydrogen) atoms. The number of aryl methyl sites for hydroxylation is 1. The summed E-state index contributed by atoms with van der Waals surface area (Å²) in [4.78, 5) is 4.24. The smallest absolute Gasteiger partial charge is 0.110 e. The first-order chi connectivity index (χ1) is 8.24. The number of nitrogens with zero attached hydrogens (tertiary/aromatic N) is 2. The van der Waals surface area contributed by atoms with Gasteiger partial charge in [0.15, 0.2) is 0 Å². The molecule has 1 aromatic heterocycles. The van der Waals surface area contributed by atoms with Crippen molar-refractivity contribution in [3.8, 4) is 5.69 Å². The molecule has 3 nitrogen and oxygen atoms in total. The second-order valence-corrected chi connectivity index (χ2v) is 4.27. The predicted octanol–water partition coefficient (Wildman–Crippen LogP) is 2.94. The zero-order valence-corrected chi connectivity index (χ0v) is 10.8. The maximum absolute atomic E-state index is 6.26. The Balaban J connectivity index is 2.46. The van der Waals surface area contributed by atoms with Crippen molar-refractivity contribution in [1.82, 2.24) is 14.9 Å². The fourth-order valence-electron chi connectivity index (χ4n) is 1.83. The van der Waals surface area contributed by atoms with E-state index in [1.807, 2.05) is 25.3 Å². The van der Waals surface area contributed by atoms with Crippen LogP contribution in [0.1, 0.15) is 18.3 Å². The van der Waals surface area contributed by atoms with Gasteiger partial charge in [-0.25, -0.2) is 4.98 Å². The molecule has 1 N–H and O–H groups in total. The zero-order valence-electron chi connectivity index (χ0n) is 10.1. The molecule has 0 bridgehead atoms. The van der Waals surface area contributed by atoms with Gasteiger partial charge in [-0.15, -0.1) is 0 Å². The summed E-state index contributed by atoms with van der Waals surface area (Å²) in [6, 6.07) is 5.95. The molecule has 1 aromatic carbocycles. The van der Waals surface area contributed by atoms with Crippen LogP contribution in [0.3, 0.4) is 0 Å². The highest BCUT2D eigenvalue weighted by Gasteiger charge is 2.09. The van der Waals surface area contributed by atoms with Gasteiger partial charge >= 0.3 is 0 Å². The topological polar surface area (TPSA) is 29.9 Å². The van der Waals surface area contributed by atoms with E-state index in [-0.39, 0.29) is 0 Å². The minimum absolute atomic E-state index is 0.767. The average Bonchev–Trinajstić information content (AvgIpc) is 2.73. The highest BCUT2D eigenvalue weighted by Crippen LogP contribution is 2.24. The molecule has 0 saturated carbocycles. The van der Waals surface area contributed by atoms with Crippen molar-refractivity contribution in [3.63, 3.8) is 0 Å². The number of benzene rings is 1. The fourth-order valence-corrected chi connectivity index (χ4v) is 2.07. The van der Waals surface area contributed by atoms with E-state index >= 15 is 0 Å². The maximum atomic E-state index is 6.26. The summed E-state index contributed by atoms with van der Waals surface area (Å²) < 4.78 is 2.05. The minimum atomic E-state index is 0.767. The lowest BCUT2D eigenvalue weighted by Gasteiger charge is -2.13. The lowest BCUT2D eigenvalue weighted by atomic mass is 10.1. The summed E-state index contributed by atoms with van der Waals surface area (Å²) in [7, 11) is 0. The van der Waals surface area contributed by atoms with Crippen LogP contribution in [0.5, 0.6) is 0 Å². The first-order valence-corrected chi connectivity index (χ1v) is 6.10. The second kappa shape index (κ2) is 5.34. The maximum Gasteiger partial charge on any atom is 0.110 e. The van der Waals surface area contributed by atoms with Gasteiger partial charge < -0.3 is 9.88 Å². The van der Waals surface area contributed by atoms with Crippen molar-refractivity contribution >= 4 is 11.6 Å². The van der Waals surface area contributed by atoms with Crippen LogP contribution in [0, 0.1) is 6.92 Å². The van der Waals surface area contributed by atoms with Crippen LogP contribution in [-0.2, 0) is 6.54 Å². The monoisotopic (exact) mass is 249 g/mol. The van der Waals surface area contributed by atoms with Crippen molar-refractivity contribution in [3.05, 3.63) is 47.0 Å². The van der Waals surface area contributed by atoms with E-state index in [9.17, 15) is 0 Å². The van der Waals surface area contributed by atoms with Crippen LogP contribution in [0.4, 0.5) is 0 Å². The Morgan fingerprint density at radius 3 is 2.88 bits per heavy atom. The van der Waals surface area contributed by atoms with Gasteiger partial charge in [-0.1, -0.05) is 24.6 Å². The normalized spacial score (nSPS) is 10.8. The molecule has 0 spiro atoms. The number of aromatic nitrogens is 2. The number of halogens is 1. The van der Waals surface area contributed by atoms with Gasteiger partial charge in [0.25, 0.3) is 0 Å². The molecule has 0 unspecified atom stereocenters. The Labute approximate surface area is 106 Å². The largest absolute Gasteiger partial charge is 0.313 e. The fraction of sp³-hybridized carbons (Fsp3) is 0.308. The van der Waals surface area contributed by atoms with E-state index < -0.39 is 0 Å². The molecule has 90 valence electrons. The van der Waals surface area contributed by atoms with Crippen LogP contribution in [0.15, 0.2) is 30.6 Å². The summed E-state index contributed by atoms with van der Waals surface area (Å²) >= 11 is 6.26. The Kier molecular flexibility index (Phi) is 3.82. The molecule has 0 atom stereocenters. The summed E-state index contributed by atoms with van der Waals surface area (Å²) in [5.41, 5.74) is 2.20. The van der Waals surface area contributed by atoms with Crippen molar-refractivity contribution in [2.75, 3.05) is 6.54 Å². The quantitative estimate of drug-likeness (QED) is 0.903. The van der Waals surface area contributed by atoms with E-state index in [0.29, 0.717) is 0 Å². The van der Waals surface area contributed by atoms with Gasteiger partial charge in [-0.2, -0.15) is 0 Å². The van der Waals surface area contributed by atoms with Crippen molar-refractivity contribution < 1.29 is 0 Å². The number of hydrogen-bond acceptors (Lipinski definition) is 2. The first kappa shape index (κ1) is 12.1. The van der Waals surface area contributed by atoms with Crippen molar-refractivity contribution in [2.24, 2.45) is 0 Å². The van der Waals surface area contributed by atoms with Crippen molar-refractivity contribution in [2.45, 2.75) is 20.4 Å². The Hall–Kier alpha value is -1.32. The van der Waals surface area contributed by atoms with Gasteiger partial charge in [0.1, 0.15) is 5.82 Å². The third-order valence-corrected chi connectivity index (χ3v) is 3.09. The molecule has 0 aliphatic carbocycles. The lowest BCUT2D eigenvalue weighted by Crippen LogP contribution is -2.14. The summed E-state index contributed by atoms with van der Waals surface area (Å²) in [6.07, 6.45) is 3.75. The minimum Gasteiger partial charge on any atom is -0.313 e. The molecule has 0 fully saturated rings. The molecule has 0 saturated heterocycles. The number of rotatable bonds is 4. The lowest BCUT2D eigenvalue weighted by molar-refractivity contribution is 0.721. The SMILES string of the molecule is CCNCc1c(Cl)cccc1-n1ccnc1C. The highest BCUT2D eigenvalue weighted by molar-refractivity contribution is 6.31. The average molecular weight is 250 g/mol. The molecule has 2 rings (SSSR count). The van der Waals surface area contributed by atoms with E-state index in [0.717, 1.165) is 35.2 Å². The Bertz CT molecular complexity index is 505. The van der Waals surface area contributed by atoms with Crippen molar-refractivity contribution in [1.29, 1.82) is 0 Å². The van der Waals surface area contributed by atoms with Crippen LogP contribution in [0.25, 0.3) is 5.69 Å². The molecule has 0 aliphatic rings. The molecule has 0 aliphatic heterocycles. The van der Waals surface area contributed by atoms with E-state index in [2.05, 4.69) is 27.9 Å². The summed E-state index contributed by atoms with van der Waals surface area (Å²) in [6.45, 7) is 5.76. The number of imidazole rings is 1. The van der Waals surface area contributed by atoms with Crippen LogP contribution in [-0.4, -0.2) is 16.1 Å². The van der Waals surface area contributed by atoms with E-state index in [4.69, 9.17) is 11.6 Å². The van der Waals surface area contributed by atoms with Crippen LogP contribution >= 0.6 is 11.6 Å². The molecule has 1 heterocycles. The van der Waals surface area contributed by atoms with Crippen LogP contribution in [0.2, 0.25) is 5.02 Å². The molecular weight excluding hydrogens is 234 g/mol. The third kappa shape index (κ3) is 2.51. The Morgan fingerprint density at radius 2 is 2.24 bits per heavy atom. The summed E-state index contributed by atoms with van der Waals surface area (Å²) in [5.74, 6) is 0.963. The van der Waals surface area contributed by atoms with Gasteiger partial charge in [-0.05, 0) is 25.6 Å². The molecule has 0 radical (unpaired) electrons. The van der Waals surface area contributed by atoms with Gasteiger partial charge in [0, 0.05) is 29.5 Å². The van der Waals surface area contributed by atoms with Crippen LogP contribution < -0.4 is 5.32 Å². The summed E-state index contributed by atoms with van der Waals surface area (Å²) in [5, 5.41) is 4.10. The molecular formula is C13H16ClN3. The highest BCUT2D eigenvalue weighted by atomic mass is 35.5. The molecule has 2 aromatic rings. The predicted molar refractivity (Wildman–Crippen MR) is 70.7 cm³/mol. The zero-order chi connectivity index (χ0) is 12.3. The third-order valence-electron chi connectivity index (χ3n) is 2.73. The van der Waals surface area contributed by atoms with E-state index in [1.54, 1.807) is 6.20 Å². The van der Waals surface area contributed by atoms with Gasteiger partial charge in [0.2, 0.25) is 0 Å². The number of hydrogen-bond donors (Lipinski definition) is 1. The second-order valence-electron chi connectivity index (χ2n) is 3.86. The van der Waals surface area contributed by atoms with Gasteiger partial charge in [-0.3, -0.25) is 0 Å². The Morgan fingerprint density at radius 1 is 1.41 bits per heavy atom. The molecule has 4 heteroatoms. The standard InChI is InChI=1S/C13H16ClN3/c1-3-15-9-11-12(14)5-4-6-13(11)17-8-7-16-10(17)2/h4-8,15H,3,9H2,1-2H3. The number of nitrogens with one attached hydrogen (secondary N) is 1.